The van der Waals surface area contributed by atoms with E-state index in [1.54, 1.807) is 0 Å². The molecule has 0 saturated carbocycles. The third-order valence-corrected chi connectivity index (χ3v) is 4.52. The number of carbonyl (C=O) groups is 1. The van der Waals surface area contributed by atoms with Gasteiger partial charge in [0.15, 0.2) is 0 Å². The quantitative estimate of drug-likeness (QED) is 0.225. The predicted octanol–water partition coefficient (Wildman–Crippen LogP) is 4.58. The van der Waals surface area contributed by atoms with E-state index >= 15 is 0 Å². The molecule has 0 spiro atoms. The standard InChI is InChI=1S/C24H40O6/c1-3-4-5-6-7-8-9-23-10-12-24(13-11-23)30-21-19-28-17-15-26-14-16-27-18-20-29-22(2)25/h10-13H,3-9,14-21H2,1-2H3. The number of esters is 1. The molecule has 0 amide bonds. The summed E-state index contributed by atoms with van der Waals surface area (Å²) in [5.74, 6) is 0.587. The number of hydrogen-bond donors (Lipinski definition) is 0. The van der Waals surface area contributed by atoms with Crippen molar-refractivity contribution in [1.29, 1.82) is 0 Å². The second kappa shape index (κ2) is 19.3. The lowest BCUT2D eigenvalue weighted by molar-refractivity contribution is -0.142. The van der Waals surface area contributed by atoms with Crippen molar-refractivity contribution in [3.05, 3.63) is 29.8 Å². The number of benzene rings is 1. The summed E-state index contributed by atoms with van der Waals surface area (Å²) in [6.45, 7) is 7.34. The van der Waals surface area contributed by atoms with Gasteiger partial charge in [-0.05, 0) is 30.5 Å². The van der Waals surface area contributed by atoms with Crippen LogP contribution in [0.4, 0.5) is 0 Å². The van der Waals surface area contributed by atoms with Crippen molar-refractivity contribution in [2.45, 2.75) is 58.8 Å². The van der Waals surface area contributed by atoms with Crippen LogP contribution in [-0.2, 0) is 30.2 Å². The lowest BCUT2D eigenvalue weighted by Gasteiger charge is -2.09. The van der Waals surface area contributed by atoms with Crippen molar-refractivity contribution in [1.82, 2.24) is 0 Å². The van der Waals surface area contributed by atoms with E-state index in [0.717, 1.165) is 12.2 Å². The fourth-order valence-electron chi connectivity index (χ4n) is 2.87. The van der Waals surface area contributed by atoms with Gasteiger partial charge in [0.05, 0.1) is 39.6 Å². The third-order valence-electron chi connectivity index (χ3n) is 4.52. The molecule has 0 N–H and O–H groups in total. The topological polar surface area (TPSA) is 63.2 Å². The third kappa shape index (κ3) is 16.2. The molecule has 30 heavy (non-hydrogen) atoms. The van der Waals surface area contributed by atoms with Gasteiger partial charge in [-0.3, -0.25) is 4.79 Å². The van der Waals surface area contributed by atoms with Gasteiger partial charge < -0.3 is 23.7 Å². The largest absolute Gasteiger partial charge is 0.491 e. The van der Waals surface area contributed by atoms with E-state index in [1.807, 2.05) is 12.1 Å². The van der Waals surface area contributed by atoms with E-state index in [9.17, 15) is 4.79 Å². The Morgan fingerprint density at radius 3 is 1.83 bits per heavy atom. The first-order valence-corrected chi connectivity index (χ1v) is 11.3. The van der Waals surface area contributed by atoms with E-state index in [2.05, 4.69) is 19.1 Å². The zero-order valence-electron chi connectivity index (χ0n) is 18.9. The molecule has 6 heteroatoms. The molecule has 0 unspecified atom stereocenters. The number of hydrogen-bond acceptors (Lipinski definition) is 6. The summed E-state index contributed by atoms with van der Waals surface area (Å²) in [5, 5.41) is 0. The first kappa shape index (κ1) is 26.4. The normalized spacial score (nSPS) is 10.9. The Labute approximate surface area is 182 Å². The van der Waals surface area contributed by atoms with Gasteiger partial charge in [0.1, 0.15) is 19.0 Å². The minimum absolute atomic E-state index is 0.278. The van der Waals surface area contributed by atoms with Crippen LogP contribution < -0.4 is 4.74 Å². The molecule has 0 aliphatic rings. The maximum absolute atomic E-state index is 10.6. The molecule has 0 radical (unpaired) electrons. The van der Waals surface area contributed by atoms with Crippen LogP contribution in [0.2, 0.25) is 0 Å². The van der Waals surface area contributed by atoms with Crippen LogP contribution in [0, 0.1) is 0 Å². The molecule has 172 valence electrons. The van der Waals surface area contributed by atoms with Crippen LogP contribution in [0.25, 0.3) is 0 Å². The van der Waals surface area contributed by atoms with Crippen LogP contribution in [0.3, 0.4) is 0 Å². The summed E-state index contributed by atoms with van der Waals surface area (Å²) < 4.78 is 26.6. The summed E-state index contributed by atoms with van der Waals surface area (Å²) in [5.41, 5.74) is 1.38. The zero-order chi connectivity index (χ0) is 21.7. The first-order chi connectivity index (χ1) is 14.7. The van der Waals surface area contributed by atoms with Crippen molar-refractivity contribution in [3.63, 3.8) is 0 Å². The number of carbonyl (C=O) groups excluding carboxylic acids is 1. The molecule has 0 fully saturated rings. The molecule has 0 saturated heterocycles. The highest BCUT2D eigenvalue weighted by Gasteiger charge is 1.98. The highest BCUT2D eigenvalue weighted by molar-refractivity contribution is 5.65. The summed E-state index contributed by atoms with van der Waals surface area (Å²) in [6.07, 6.45) is 9.11. The van der Waals surface area contributed by atoms with Crippen molar-refractivity contribution in [3.8, 4) is 5.75 Å². The Kier molecular flexibility index (Phi) is 17.0. The summed E-state index contributed by atoms with van der Waals surface area (Å²) in [7, 11) is 0. The molecule has 0 aliphatic carbocycles. The maximum Gasteiger partial charge on any atom is 0.302 e. The zero-order valence-corrected chi connectivity index (χ0v) is 18.9. The van der Waals surface area contributed by atoms with E-state index < -0.39 is 0 Å². The molecule has 0 aliphatic heterocycles. The lowest BCUT2D eigenvalue weighted by Crippen LogP contribution is -2.14. The van der Waals surface area contributed by atoms with Gasteiger partial charge in [-0.25, -0.2) is 0 Å². The Bertz CT molecular complexity index is 517. The monoisotopic (exact) mass is 424 g/mol. The Morgan fingerprint density at radius 1 is 0.700 bits per heavy atom. The summed E-state index contributed by atoms with van der Waals surface area (Å²) in [6, 6.07) is 8.39. The van der Waals surface area contributed by atoms with Gasteiger partial charge >= 0.3 is 5.97 Å². The molecule has 1 rings (SSSR count). The van der Waals surface area contributed by atoms with Gasteiger partial charge in [0.25, 0.3) is 0 Å². The summed E-state index contributed by atoms with van der Waals surface area (Å²) in [4.78, 5) is 10.6. The molecule has 0 atom stereocenters. The van der Waals surface area contributed by atoms with Crippen LogP contribution in [-0.4, -0.2) is 58.8 Å². The number of unbranched alkanes of at least 4 members (excludes halogenated alkanes) is 5. The average molecular weight is 425 g/mol. The van der Waals surface area contributed by atoms with Crippen LogP contribution >= 0.6 is 0 Å². The molecule has 0 aromatic heterocycles. The van der Waals surface area contributed by atoms with Crippen molar-refractivity contribution >= 4 is 5.97 Å². The molecule has 1 aromatic carbocycles. The molecule has 0 heterocycles. The van der Waals surface area contributed by atoms with E-state index in [0.29, 0.717) is 46.2 Å². The molecule has 1 aromatic rings. The van der Waals surface area contributed by atoms with Crippen LogP contribution in [0.15, 0.2) is 24.3 Å². The minimum Gasteiger partial charge on any atom is -0.491 e. The SMILES string of the molecule is CCCCCCCCc1ccc(OCCOCCOCCOCCOC(C)=O)cc1. The Hall–Kier alpha value is -1.63. The number of aryl methyl sites for hydroxylation is 1. The molecular formula is C24H40O6. The van der Waals surface area contributed by atoms with Crippen molar-refractivity contribution in [2.24, 2.45) is 0 Å². The summed E-state index contributed by atoms with van der Waals surface area (Å²) >= 11 is 0. The molecule has 6 nitrogen and oxygen atoms in total. The van der Waals surface area contributed by atoms with Gasteiger partial charge in [-0.2, -0.15) is 0 Å². The van der Waals surface area contributed by atoms with Crippen molar-refractivity contribution in [2.75, 3.05) is 52.9 Å². The van der Waals surface area contributed by atoms with E-state index in [-0.39, 0.29) is 12.6 Å². The van der Waals surface area contributed by atoms with E-state index in [4.69, 9.17) is 23.7 Å². The number of ether oxygens (including phenoxy) is 5. The maximum atomic E-state index is 10.6. The second-order valence-electron chi connectivity index (χ2n) is 7.19. The van der Waals surface area contributed by atoms with Gasteiger partial charge in [0, 0.05) is 6.92 Å². The Morgan fingerprint density at radius 2 is 1.23 bits per heavy atom. The molecule has 0 bridgehead atoms. The number of rotatable bonds is 20. The van der Waals surface area contributed by atoms with Gasteiger partial charge in [-0.15, -0.1) is 0 Å². The Balaban J connectivity index is 1.89. The highest BCUT2D eigenvalue weighted by atomic mass is 16.6. The van der Waals surface area contributed by atoms with E-state index in [1.165, 1.54) is 51.0 Å². The van der Waals surface area contributed by atoms with Crippen molar-refractivity contribution < 1.29 is 28.5 Å². The van der Waals surface area contributed by atoms with Gasteiger partial charge in [0.2, 0.25) is 0 Å². The fraction of sp³-hybridized carbons (Fsp3) is 0.708. The highest BCUT2D eigenvalue weighted by Crippen LogP contribution is 2.15. The smallest absolute Gasteiger partial charge is 0.302 e. The predicted molar refractivity (Wildman–Crippen MR) is 118 cm³/mol. The fourth-order valence-corrected chi connectivity index (χ4v) is 2.87. The minimum atomic E-state index is -0.295. The molecular weight excluding hydrogens is 384 g/mol. The van der Waals surface area contributed by atoms with Crippen LogP contribution in [0.1, 0.15) is 57.9 Å². The first-order valence-electron chi connectivity index (χ1n) is 11.3. The van der Waals surface area contributed by atoms with Gasteiger partial charge in [-0.1, -0.05) is 51.2 Å². The lowest BCUT2D eigenvalue weighted by atomic mass is 10.0. The second-order valence-corrected chi connectivity index (χ2v) is 7.19. The van der Waals surface area contributed by atoms with Crippen LogP contribution in [0.5, 0.6) is 5.75 Å². The average Bonchev–Trinajstić information content (AvgIpc) is 2.74.